The summed E-state index contributed by atoms with van der Waals surface area (Å²) in [6.07, 6.45) is 9.69. The van der Waals surface area contributed by atoms with Gasteiger partial charge in [-0.2, -0.15) is 0 Å². The summed E-state index contributed by atoms with van der Waals surface area (Å²) >= 11 is 3.75. The first-order chi connectivity index (χ1) is 21.2. The first-order valence-corrected chi connectivity index (χ1v) is 15.9. The zero-order chi connectivity index (χ0) is 28.2. The van der Waals surface area contributed by atoms with Crippen molar-refractivity contribution in [2.24, 2.45) is 4.99 Å². The van der Waals surface area contributed by atoms with Crippen molar-refractivity contribution in [3.63, 3.8) is 0 Å². The summed E-state index contributed by atoms with van der Waals surface area (Å²) in [7, 11) is 0. The standard InChI is InChI=1S/C38H21N3S2/c39-29-9-3-4-10-30(29)40-31-20-41-32-11-5-1-8-26(32)36-37(41)28(31)19-27-25-16-14-22(18-35(25)43-38(27)36)21-13-15-24-23-7-2-6-12-33(23)42-34(24)17-21/h1-20,39H/b39-29?,40-30-. The smallest absolute Gasteiger partial charge is 0.0897 e. The van der Waals surface area contributed by atoms with Crippen LogP contribution < -0.4 is 0 Å². The normalized spacial score (nSPS) is 14.9. The van der Waals surface area contributed by atoms with E-state index in [1.54, 1.807) is 6.08 Å². The van der Waals surface area contributed by atoms with Crippen molar-refractivity contribution in [3.05, 3.63) is 121 Å². The maximum absolute atomic E-state index is 8.39. The Kier molecular flexibility index (Phi) is 4.63. The monoisotopic (exact) mass is 583 g/mol. The molecule has 1 aliphatic rings. The fraction of sp³-hybridized carbons (Fsp3) is 0. The highest BCUT2D eigenvalue weighted by Gasteiger charge is 2.21. The third-order valence-corrected chi connectivity index (χ3v) is 11.1. The summed E-state index contributed by atoms with van der Waals surface area (Å²) in [6, 6.07) is 33.5. The average Bonchev–Trinajstić information content (AvgIpc) is 3.78. The number of benzene rings is 5. The van der Waals surface area contributed by atoms with Crippen LogP contribution >= 0.6 is 22.7 Å². The van der Waals surface area contributed by atoms with E-state index in [0.29, 0.717) is 11.4 Å². The lowest BCUT2D eigenvalue weighted by molar-refractivity contribution is 1.30. The van der Waals surface area contributed by atoms with Crippen LogP contribution in [0.5, 0.6) is 0 Å². The Bertz CT molecular complexity index is 2750. The second kappa shape index (κ2) is 8.48. The number of hydrogen-bond acceptors (Lipinski definition) is 4. The molecule has 3 nitrogen and oxygen atoms in total. The molecule has 9 aromatic rings. The zero-order valence-electron chi connectivity index (χ0n) is 22.8. The molecule has 0 aliphatic heterocycles. The van der Waals surface area contributed by atoms with Crippen molar-refractivity contribution in [3.8, 4) is 11.1 Å². The topological polar surface area (TPSA) is 40.6 Å². The van der Waals surface area contributed by atoms with Crippen molar-refractivity contribution in [2.75, 3.05) is 0 Å². The molecule has 43 heavy (non-hydrogen) atoms. The number of hydrogen-bond donors (Lipinski definition) is 1. The Morgan fingerprint density at radius 3 is 2.14 bits per heavy atom. The quantitative estimate of drug-likeness (QED) is 0.197. The predicted molar refractivity (Wildman–Crippen MR) is 188 cm³/mol. The average molecular weight is 584 g/mol. The molecule has 0 fully saturated rings. The molecule has 0 saturated carbocycles. The molecule has 0 radical (unpaired) electrons. The third-order valence-electron chi connectivity index (χ3n) is 8.79. The van der Waals surface area contributed by atoms with E-state index in [9.17, 15) is 0 Å². The van der Waals surface area contributed by atoms with Crippen LogP contribution in [-0.2, 0) is 0 Å². The Balaban J connectivity index is 1.22. The number of nitrogens with one attached hydrogen (secondary N) is 1. The lowest BCUT2D eigenvalue weighted by Crippen LogP contribution is -2.08. The van der Waals surface area contributed by atoms with Gasteiger partial charge in [0.25, 0.3) is 0 Å². The predicted octanol–water partition coefficient (Wildman–Crippen LogP) is 11.3. The summed E-state index contributed by atoms with van der Waals surface area (Å²) in [5, 5.41) is 17.3. The van der Waals surface area contributed by atoms with Crippen molar-refractivity contribution in [1.29, 1.82) is 5.41 Å². The van der Waals surface area contributed by atoms with E-state index in [-0.39, 0.29) is 0 Å². The molecular formula is C38H21N3S2. The zero-order valence-corrected chi connectivity index (χ0v) is 24.4. The van der Waals surface area contributed by atoms with Crippen molar-refractivity contribution in [2.45, 2.75) is 0 Å². The van der Waals surface area contributed by atoms with Gasteiger partial charge in [-0.25, -0.2) is 4.99 Å². The number of aliphatic imine (C=N–C) groups is 1. The van der Waals surface area contributed by atoms with E-state index in [1.807, 2.05) is 40.9 Å². The Morgan fingerprint density at radius 1 is 0.605 bits per heavy atom. The molecule has 0 bridgehead atoms. The van der Waals surface area contributed by atoms with Gasteiger partial charge >= 0.3 is 0 Å². The van der Waals surface area contributed by atoms with Crippen LogP contribution in [0.15, 0.2) is 126 Å². The Labute approximate surface area is 253 Å². The summed E-state index contributed by atoms with van der Waals surface area (Å²) in [5.41, 5.74) is 6.91. The number of fused-ring (bicyclic) bond motifs is 10. The molecule has 1 N–H and O–H groups in total. The molecule has 0 atom stereocenters. The molecule has 4 aromatic heterocycles. The Morgan fingerprint density at radius 2 is 1.30 bits per heavy atom. The number of aromatic nitrogens is 1. The van der Waals surface area contributed by atoms with Crippen LogP contribution in [0.25, 0.3) is 78.7 Å². The number of nitrogens with zero attached hydrogens (tertiary/aromatic N) is 2. The number of rotatable bonds is 2. The maximum atomic E-state index is 8.39. The SMILES string of the molecule is N=C1C=CC=C/C1=N/c1cn2c3ccccc3c3c4sc5cc(-c6ccc7c(c6)sc6ccccc67)ccc5c4cc1c32. The van der Waals surface area contributed by atoms with E-state index >= 15 is 0 Å². The second-order valence-corrected chi connectivity index (χ2v) is 13.3. The van der Waals surface area contributed by atoms with Crippen LogP contribution in [0, 0.1) is 5.41 Å². The highest BCUT2D eigenvalue weighted by atomic mass is 32.1. The third kappa shape index (κ3) is 3.23. The minimum absolute atomic E-state index is 0.435. The first kappa shape index (κ1) is 23.5. The lowest BCUT2D eigenvalue weighted by atomic mass is 10.0. The van der Waals surface area contributed by atoms with Crippen LogP contribution in [0.4, 0.5) is 5.69 Å². The van der Waals surface area contributed by atoms with Gasteiger partial charge in [0.1, 0.15) is 0 Å². The van der Waals surface area contributed by atoms with Crippen LogP contribution in [-0.4, -0.2) is 15.8 Å². The first-order valence-electron chi connectivity index (χ1n) is 14.3. The lowest BCUT2D eigenvalue weighted by Gasteiger charge is -2.04. The van der Waals surface area contributed by atoms with E-state index in [1.165, 1.54) is 73.3 Å². The molecule has 0 saturated heterocycles. The molecule has 0 spiro atoms. The summed E-state index contributed by atoms with van der Waals surface area (Å²) in [4.78, 5) is 5.00. The second-order valence-electron chi connectivity index (χ2n) is 11.2. The molecule has 10 rings (SSSR count). The van der Waals surface area contributed by atoms with E-state index in [4.69, 9.17) is 10.4 Å². The molecule has 200 valence electrons. The fourth-order valence-electron chi connectivity index (χ4n) is 6.81. The maximum Gasteiger partial charge on any atom is 0.0897 e. The van der Waals surface area contributed by atoms with Crippen LogP contribution in [0.3, 0.4) is 0 Å². The number of thiophene rings is 2. The van der Waals surface area contributed by atoms with Gasteiger partial charge in [0.15, 0.2) is 0 Å². The van der Waals surface area contributed by atoms with Gasteiger partial charge in [-0.3, -0.25) is 5.41 Å². The van der Waals surface area contributed by atoms with Gasteiger partial charge in [0, 0.05) is 62.7 Å². The molecule has 5 heteroatoms. The van der Waals surface area contributed by atoms with E-state index < -0.39 is 0 Å². The summed E-state index contributed by atoms with van der Waals surface area (Å²) < 4.78 is 7.56. The van der Waals surface area contributed by atoms with Crippen molar-refractivity contribution in [1.82, 2.24) is 4.40 Å². The Hall–Kier alpha value is -5.10. The number of allylic oxidation sites excluding steroid dienone is 4. The minimum Gasteiger partial charge on any atom is -0.313 e. The molecule has 0 unspecified atom stereocenters. The summed E-state index contributed by atoms with van der Waals surface area (Å²) in [5.74, 6) is 0. The van der Waals surface area contributed by atoms with Gasteiger partial charge in [-0.1, -0.05) is 72.8 Å². The van der Waals surface area contributed by atoms with Gasteiger partial charge in [0.05, 0.1) is 28.1 Å². The fourth-order valence-corrected chi connectivity index (χ4v) is 9.24. The van der Waals surface area contributed by atoms with E-state index in [2.05, 4.69) is 102 Å². The van der Waals surface area contributed by atoms with Crippen LogP contribution in [0.1, 0.15) is 0 Å². The molecule has 0 amide bonds. The van der Waals surface area contributed by atoms with E-state index in [0.717, 1.165) is 11.1 Å². The van der Waals surface area contributed by atoms with Gasteiger partial charge in [-0.05, 0) is 53.6 Å². The largest absolute Gasteiger partial charge is 0.313 e. The highest BCUT2D eigenvalue weighted by molar-refractivity contribution is 7.27. The van der Waals surface area contributed by atoms with Gasteiger partial charge < -0.3 is 4.40 Å². The molecular weight excluding hydrogens is 563 g/mol. The van der Waals surface area contributed by atoms with Crippen LogP contribution in [0.2, 0.25) is 0 Å². The number of para-hydroxylation sites is 1. The molecule has 1 aliphatic carbocycles. The molecule has 4 heterocycles. The van der Waals surface area contributed by atoms with Crippen molar-refractivity contribution < 1.29 is 0 Å². The van der Waals surface area contributed by atoms with Gasteiger partial charge in [0.2, 0.25) is 0 Å². The van der Waals surface area contributed by atoms with Crippen molar-refractivity contribution >= 4 is 107 Å². The molecule has 5 aromatic carbocycles. The minimum atomic E-state index is 0.435. The summed E-state index contributed by atoms with van der Waals surface area (Å²) in [6.45, 7) is 0. The van der Waals surface area contributed by atoms with Gasteiger partial charge in [-0.15, -0.1) is 22.7 Å². The highest BCUT2D eigenvalue weighted by Crippen LogP contribution is 2.48.